The topological polar surface area (TPSA) is 72.7 Å². The molecule has 0 aliphatic rings. The zero-order chi connectivity index (χ0) is 17.9. The third-order valence-electron chi connectivity index (χ3n) is 3.64. The minimum atomic E-state index is -0.255. The van der Waals surface area contributed by atoms with Crippen LogP contribution in [0.15, 0.2) is 66.6 Å². The average molecular weight is 382 g/mol. The van der Waals surface area contributed by atoms with Crippen molar-refractivity contribution in [3.63, 3.8) is 0 Å². The summed E-state index contributed by atoms with van der Waals surface area (Å²) in [7, 11) is 0. The molecule has 4 aromatic rings. The molecule has 8 heteroatoms. The van der Waals surface area contributed by atoms with Crippen LogP contribution in [0.2, 0.25) is 5.02 Å². The van der Waals surface area contributed by atoms with E-state index in [1.54, 1.807) is 40.7 Å². The number of nitrogens with zero attached hydrogens (tertiary/aromatic N) is 4. The van der Waals surface area contributed by atoms with Crippen LogP contribution in [0.3, 0.4) is 0 Å². The second kappa shape index (κ2) is 7.07. The molecule has 0 saturated heterocycles. The molecule has 0 fully saturated rings. The fourth-order valence-corrected chi connectivity index (χ4v) is 3.27. The molecule has 0 aliphatic carbocycles. The second-order valence-corrected chi connectivity index (χ2v) is 6.68. The van der Waals surface area contributed by atoms with Crippen molar-refractivity contribution in [2.45, 2.75) is 0 Å². The first-order chi connectivity index (χ1) is 12.7. The first kappa shape index (κ1) is 16.4. The van der Waals surface area contributed by atoms with E-state index < -0.39 is 0 Å². The van der Waals surface area contributed by atoms with E-state index in [1.165, 1.54) is 17.7 Å². The van der Waals surface area contributed by atoms with Crippen LogP contribution in [-0.2, 0) is 0 Å². The quantitative estimate of drug-likeness (QED) is 0.572. The molecule has 6 nitrogen and oxygen atoms in total. The van der Waals surface area contributed by atoms with Gasteiger partial charge in [-0.05, 0) is 36.4 Å². The smallest absolute Gasteiger partial charge is 0.275 e. The highest BCUT2D eigenvalue weighted by molar-refractivity contribution is 7.13. The van der Waals surface area contributed by atoms with E-state index in [0.29, 0.717) is 16.4 Å². The fourth-order valence-electron chi connectivity index (χ4n) is 2.34. The van der Waals surface area contributed by atoms with Gasteiger partial charge in [0.1, 0.15) is 23.4 Å². The Kier molecular flexibility index (Phi) is 4.47. The average Bonchev–Trinajstić information content (AvgIpc) is 3.35. The highest BCUT2D eigenvalue weighted by atomic mass is 35.5. The molecular weight excluding hydrogens is 370 g/mol. The number of hydrogen-bond donors (Lipinski definition) is 1. The maximum Gasteiger partial charge on any atom is 0.275 e. The second-order valence-electron chi connectivity index (χ2n) is 5.39. The Balaban J connectivity index is 1.47. The number of hydrogen-bond acceptors (Lipinski definition) is 5. The zero-order valence-electron chi connectivity index (χ0n) is 13.3. The molecule has 2 aromatic heterocycles. The number of anilines is 1. The standard InChI is InChI=1S/C18H12ClN5OS/c19-13-3-1-12(2-4-13)18-23-16(9-26-18)17(25)22-14-5-7-15(8-6-14)24-11-20-10-21-24/h1-11H,(H,22,25). The van der Waals surface area contributed by atoms with Crippen LogP contribution < -0.4 is 5.32 Å². The molecule has 0 radical (unpaired) electrons. The SMILES string of the molecule is O=C(Nc1ccc(-n2cncn2)cc1)c1csc(-c2ccc(Cl)cc2)n1. The summed E-state index contributed by atoms with van der Waals surface area (Å²) in [6.45, 7) is 0. The summed E-state index contributed by atoms with van der Waals surface area (Å²) in [5.41, 5.74) is 2.84. The Hall–Kier alpha value is -3.03. The highest BCUT2D eigenvalue weighted by Crippen LogP contribution is 2.25. The predicted octanol–water partition coefficient (Wildman–Crippen LogP) is 4.30. The molecule has 0 spiro atoms. The summed E-state index contributed by atoms with van der Waals surface area (Å²) in [4.78, 5) is 20.7. The molecule has 2 heterocycles. The van der Waals surface area contributed by atoms with Gasteiger partial charge in [-0.15, -0.1) is 11.3 Å². The van der Waals surface area contributed by atoms with Crippen LogP contribution >= 0.6 is 22.9 Å². The Labute approximate surface area is 158 Å². The van der Waals surface area contributed by atoms with E-state index >= 15 is 0 Å². The first-order valence-electron chi connectivity index (χ1n) is 7.67. The number of aromatic nitrogens is 4. The van der Waals surface area contributed by atoms with Gasteiger partial charge in [0, 0.05) is 21.7 Å². The molecule has 1 N–H and O–H groups in total. The van der Waals surface area contributed by atoms with Crippen LogP contribution in [0.25, 0.3) is 16.3 Å². The maximum absolute atomic E-state index is 12.4. The van der Waals surface area contributed by atoms with Crippen molar-refractivity contribution < 1.29 is 4.79 Å². The largest absolute Gasteiger partial charge is 0.321 e. The van der Waals surface area contributed by atoms with E-state index in [1.807, 2.05) is 24.3 Å². The third-order valence-corrected chi connectivity index (χ3v) is 4.78. The van der Waals surface area contributed by atoms with E-state index in [-0.39, 0.29) is 5.91 Å². The van der Waals surface area contributed by atoms with E-state index in [9.17, 15) is 4.79 Å². The molecular formula is C18H12ClN5OS. The molecule has 26 heavy (non-hydrogen) atoms. The molecule has 0 unspecified atom stereocenters. The number of carbonyl (C=O) groups is 1. The summed E-state index contributed by atoms with van der Waals surface area (Å²) >= 11 is 7.31. The van der Waals surface area contributed by atoms with Gasteiger partial charge in [0.2, 0.25) is 0 Å². The lowest BCUT2D eigenvalue weighted by Crippen LogP contribution is -2.12. The van der Waals surface area contributed by atoms with Gasteiger partial charge >= 0.3 is 0 Å². The minimum absolute atomic E-state index is 0.255. The summed E-state index contributed by atoms with van der Waals surface area (Å²) in [6.07, 6.45) is 3.08. The predicted molar refractivity (Wildman–Crippen MR) is 102 cm³/mol. The molecule has 4 rings (SSSR count). The summed E-state index contributed by atoms with van der Waals surface area (Å²) in [5, 5.41) is 10.1. The third kappa shape index (κ3) is 3.49. The van der Waals surface area contributed by atoms with Gasteiger partial charge in [-0.25, -0.2) is 14.6 Å². The van der Waals surface area contributed by atoms with E-state index in [0.717, 1.165) is 16.3 Å². The van der Waals surface area contributed by atoms with Gasteiger partial charge in [0.05, 0.1) is 5.69 Å². The van der Waals surface area contributed by atoms with Gasteiger partial charge in [-0.1, -0.05) is 23.7 Å². The monoisotopic (exact) mass is 381 g/mol. The van der Waals surface area contributed by atoms with Crippen molar-refractivity contribution in [3.05, 3.63) is 77.3 Å². The Morgan fingerprint density at radius 1 is 1.08 bits per heavy atom. The number of halogens is 1. The number of thiazole rings is 1. The molecule has 128 valence electrons. The molecule has 0 aliphatic heterocycles. The van der Waals surface area contributed by atoms with Crippen molar-refractivity contribution in [1.29, 1.82) is 0 Å². The van der Waals surface area contributed by atoms with Gasteiger partial charge in [-0.3, -0.25) is 4.79 Å². The maximum atomic E-state index is 12.4. The van der Waals surface area contributed by atoms with Crippen molar-refractivity contribution in [1.82, 2.24) is 19.7 Å². The van der Waals surface area contributed by atoms with E-state index in [2.05, 4.69) is 20.4 Å². The number of benzene rings is 2. The normalized spacial score (nSPS) is 10.7. The van der Waals surface area contributed by atoms with Crippen LogP contribution in [0.5, 0.6) is 0 Å². The number of carbonyl (C=O) groups excluding carboxylic acids is 1. The molecule has 0 saturated carbocycles. The van der Waals surface area contributed by atoms with Crippen molar-refractivity contribution in [3.8, 4) is 16.3 Å². The van der Waals surface area contributed by atoms with Gasteiger partial charge in [0.15, 0.2) is 0 Å². The molecule has 0 atom stereocenters. The summed E-state index contributed by atoms with van der Waals surface area (Å²) < 4.78 is 1.64. The highest BCUT2D eigenvalue weighted by Gasteiger charge is 2.12. The van der Waals surface area contributed by atoms with Crippen molar-refractivity contribution in [2.24, 2.45) is 0 Å². The van der Waals surface area contributed by atoms with Crippen LogP contribution in [0, 0.1) is 0 Å². The van der Waals surface area contributed by atoms with E-state index in [4.69, 9.17) is 11.6 Å². The van der Waals surface area contributed by atoms with Crippen LogP contribution in [0.4, 0.5) is 5.69 Å². The summed E-state index contributed by atoms with van der Waals surface area (Å²) in [5.74, 6) is -0.255. The fraction of sp³-hybridized carbons (Fsp3) is 0. The van der Waals surface area contributed by atoms with Crippen molar-refractivity contribution in [2.75, 3.05) is 5.32 Å². The van der Waals surface area contributed by atoms with Gasteiger partial charge < -0.3 is 5.32 Å². The van der Waals surface area contributed by atoms with Crippen LogP contribution in [0.1, 0.15) is 10.5 Å². The Morgan fingerprint density at radius 2 is 1.85 bits per heavy atom. The van der Waals surface area contributed by atoms with Crippen LogP contribution in [-0.4, -0.2) is 25.7 Å². The Bertz CT molecular complexity index is 1030. The molecule has 0 bridgehead atoms. The number of amides is 1. The van der Waals surface area contributed by atoms with Crippen molar-refractivity contribution >= 4 is 34.5 Å². The molecule has 2 aromatic carbocycles. The number of rotatable bonds is 4. The first-order valence-corrected chi connectivity index (χ1v) is 8.93. The lowest BCUT2D eigenvalue weighted by atomic mass is 10.2. The summed E-state index contributed by atoms with van der Waals surface area (Å²) in [6, 6.07) is 14.7. The Morgan fingerprint density at radius 3 is 2.54 bits per heavy atom. The molecule has 1 amide bonds. The van der Waals surface area contributed by atoms with Gasteiger partial charge in [-0.2, -0.15) is 5.10 Å². The lowest BCUT2D eigenvalue weighted by Gasteiger charge is -2.05. The number of nitrogens with one attached hydrogen (secondary N) is 1. The minimum Gasteiger partial charge on any atom is -0.321 e. The zero-order valence-corrected chi connectivity index (χ0v) is 14.9. The van der Waals surface area contributed by atoms with Gasteiger partial charge in [0.25, 0.3) is 5.91 Å². The lowest BCUT2D eigenvalue weighted by molar-refractivity contribution is 0.102.